The van der Waals surface area contributed by atoms with E-state index in [9.17, 15) is 10.1 Å². The van der Waals surface area contributed by atoms with Crippen LogP contribution in [-0.2, 0) is 11.3 Å². The monoisotopic (exact) mass is 458 g/mol. The van der Waals surface area contributed by atoms with Crippen molar-refractivity contribution < 1.29 is 18.7 Å². The summed E-state index contributed by atoms with van der Waals surface area (Å²) in [6.07, 6.45) is 0.459. The van der Waals surface area contributed by atoms with Gasteiger partial charge in [0.25, 0.3) is 0 Å². The van der Waals surface area contributed by atoms with E-state index >= 15 is 4.39 Å². The van der Waals surface area contributed by atoms with E-state index in [2.05, 4.69) is 6.07 Å². The summed E-state index contributed by atoms with van der Waals surface area (Å²) in [4.78, 5) is 14.2. The molecule has 0 aliphatic carbocycles. The van der Waals surface area contributed by atoms with E-state index < -0.39 is 23.9 Å². The number of nitrogens with zero attached hydrogens (tertiary/aromatic N) is 2. The van der Waals surface area contributed by atoms with Gasteiger partial charge in [-0.2, -0.15) is 5.26 Å². The number of piperidine rings is 1. The topological polar surface area (TPSA) is 62.6 Å². The third-order valence-electron chi connectivity index (χ3n) is 5.24. The minimum atomic E-state index is -1.34. The highest BCUT2D eigenvalue weighted by atomic mass is 35.5. The van der Waals surface area contributed by atoms with Crippen molar-refractivity contribution in [3.8, 4) is 11.8 Å². The minimum absolute atomic E-state index is 0.178. The molecule has 1 fully saturated rings. The maximum atomic E-state index is 15.6. The summed E-state index contributed by atoms with van der Waals surface area (Å²) in [5.74, 6) is 0.419. The zero-order valence-corrected chi connectivity index (χ0v) is 19.4. The highest BCUT2D eigenvalue weighted by molar-refractivity contribution is 6.30. The molecule has 1 aliphatic rings. The maximum absolute atomic E-state index is 15.6. The number of alkyl halides is 1. The lowest BCUT2D eigenvalue weighted by atomic mass is 9.93. The molecule has 0 bridgehead atoms. The van der Waals surface area contributed by atoms with Gasteiger partial charge >= 0.3 is 6.09 Å². The summed E-state index contributed by atoms with van der Waals surface area (Å²) >= 11 is 5.93. The molecule has 2 unspecified atom stereocenters. The molecule has 1 saturated heterocycles. The molecular weight excluding hydrogens is 431 g/mol. The largest absolute Gasteiger partial charge is 0.488 e. The maximum Gasteiger partial charge on any atom is 0.410 e. The first kappa shape index (κ1) is 23.9. The van der Waals surface area contributed by atoms with Crippen LogP contribution in [0.15, 0.2) is 42.5 Å². The molecule has 0 N–H and O–H groups in total. The molecule has 0 aromatic heterocycles. The Morgan fingerprint density at radius 2 is 2.06 bits per heavy atom. The predicted octanol–water partition coefficient (Wildman–Crippen LogP) is 6.59. The van der Waals surface area contributed by atoms with E-state index in [0.717, 1.165) is 18.4 Å². The number of amides is 1. The molecule has 170 valence electrons. The molecule has 32 heavy (non-hydrogen) atoms. The predicted molar refractivity (Wildman–Crippen MR) is 121 cm³/mol. The summed E-state index contributed by atoms with van der Waals surface area (Å²) in [7, 11) is 0. The average molecular weight is 459 g/mol. The normalized spacial score (nSPS) is 17.4. The van der Waals surface area contributed by atoms with Gasteiger partial charge in [-0.25, -0.2) is 9.18 Å². The van der Waals surface area contributed by atoms with E-state index in [1.807, 2.05) is 6.07 Å². The number of benzene rings is 2. The highest BCUT2D eigenvalue weighted by Crippen LogP contribution is 2.33. The lowest BCUT2D eigenvalue weighted by molar-refractivity contribution is -0.00279. The van der Waals surface area contributed by atoms with Gasteiger partial charge in [0.05, 0.1) is 11.6 Å². The van der Waals surface area contributed by atoms with Crippen molar-refractivity contribution in [1.82, 2.24) is 4.90 Å². The van der Waals surface area contributed by atoms with Crippen molar-refractivity contribution in [1.29, 1.82) is 5.26 Å². The average Bonchev–Trinajstić information content (AvgIpc) is 2.76. The molecular formula is C25H28ClFN2O3. The Morgan fingerprint density at radius 1 is 1.28 bits per heavy atom. The molecule has 1 aliphatic heterocycles. The van der Waals surface area contributed by atoms with E-state index in [0.29, 0.717) is 34.9 Å². The molecule has 2 atom stereocenters. The second-order valence-corrected chi connectivity index (χ2v) is 9.36. The molecule has 5 nitrogen and oxygen atoms in total. The van der Waals surface area contributed by atoms with Gasteiger partial charge in [0, 0.05) is 11.6 Å². The number of rotatable bonds is 5. The number of nitriles is 1. The second-order valence-electron chi connectivity index (χ2n) is 8.92. The van der Waals surface area contributed by atoms with Crippen LogP contribution in [0.2, 0.25) is 5.02 Å². The molecule has 7 heteroatoms. The summed E-state index contributed by atoms with van der Waals surface area (Å²) in [5.41, 5.74) is 0.963. The van der Waals surface area contributed by atoms with Gasteiger partial charge in [-0.05, 0) is 75.4 Å². The number of ether oxygens (including phenoxy) is 2. The molecule has 2 aromatic carbocycles. The van der Waals surface area contributed by atoms with Gasteiger partial charge in [0.1, 0.15) is 30.2 Å². The van der Waals surface area contributed by atoms with Gasteiger partial charge in [0.15, 0.2) is 0 Å². The van der Waals surface area contributed by atoms with Gasteiger partial charge in [-0.15, -0.1) is 0 Å². The second kappa shape index (κ2) is 10.2. The fourth-order valence-corrected chi connectivity index (χ4v) is 3.93. The molecule has 1 amide bonds. The lowest BCUT2D eigenvalue weighted by Crippen LogP contribution is -2.48. The number of halogens is 2. The van der Waals surface area contributed by atoms with Gasteiger partial charge in [-0.1, -0.05) is 29.8 Å². The van der Waals surface area contributed by atoms with Crippen LogP contribution in [0.5, 0.6) is 5.75 Å². The van der Waals surface area contributed by atoms with E-state index in [1.165, 1.54) is 4.90 Å². The summed E-state index contributed by atoms with van der Waals surface area (Å²) in [6.45, 7) is 6.07. The van der Waals surface area contributed by atoms with E-state index in [-0.39, 0.29) is 6.61 Å². The van der Waals surface area contributed by atoms with Gasteiger partial charge in [0.2, 0.25) is 0 Å². The fraction of sp³-hybridized carbons (Fsp3) is 0.440. The standard InChI is InChI=1S/C25H28ClFN2O3/c1-25(2,3)32-24(30)29-12-5-4-9-21(29)23(27)18-8-6-7-17(13-18)16-31-22-11-10-20(26)14-19(22)15-28/h6-8,10-11,13-14,21,23H,4-5,9,12,16H2,1-3H3. The van der Waals surface area contributed by atoms with Crippen LogP contribution in [0.25, 0.3) is 0 Å². The van der Waals surface area contributed by atoms with Crippen molar-refractivity contribution in [2.45, 2.75) is 64.5 Å². The summed E-state index contributed by atoms with van der Waals surface area (Å²) < 4.78 is 26.9. The Labute approximate surface area is 193 Å². The Morgan fingerprint density at radius 3 is 2.78 bits per heavy atom. The van der Waals surface area contributed by atoms with Crippen molar-refractivity contribution in [2.24, 2.45) is 0 Å². The molecule has 3 rings (SSSR count). The zero-order chi connectivity index (χ0) is 23.3. The fourth-order valence-electron chi connectivity index (χ4n) is 3.76. The number of carbonyl (C=O) groups is 1. The van der Waals surface area contributed by atoms with Crippen LogP contribution in [0, 0.1) is 11.3 Å². The van der Waals surface area contributed by atoms with Crippen LogP contribution >= 0.6 is 11.6 Å². The van der Waals surface area contributed by atoms with Crippen LogP contribution in [0.1, 0.15) is 62.9 Å². The third-order valence-corrected chi connectivity index (χ3v) is 5.48. The number of hydrogen-bond acceptors (Lipinski definition) is 4. The van der Waals surface area contributed by atoms with E-state index in [4.69, 9.17) is 21.1 Å². The zero-order valence-electron chi connectivity index (χ0n) is 18.6. The van der Waals surface area contributed by atoms with Crippen molar-refractivity contribution in [2.75, 3.05) is 6.54 Å². The molecule has 0 saturated carbocycles. The van der Waals surface area contributed by atoms with Crippen LogP contribution < -0.4 is 4.74 Å². The Kier molecular flexibility index (Phi) is 7.63. The Hall–Kier alpha value is -2.78. The SMILES string of the molecule is CC(C)(C)OC(=O)N1CCCCC1C(F)c1cccc(COc2ccc(Cl)cc2C#N)c1. The Bertz CT molecular complexity index is 999. The summed E-state index contributed by atoms with van der Waals surface area (Å²) in [6, 6.07) is 13.4. The molecule has 1 heterocycles. The van der Waals surface area contributed by atoms with Crippen molar-refractivity contribution >= 4 is 17.7 Å². The van der Waals surface area contributed by atoms with Crippen LogP contribution in [0.4, 0.5) is 9.18 Å². The van der Waals surface area contributed by atoms with E-state index in [1.54, 1.807) is 57.2 Å². The van der Waals surface area contributed by atoms with Crippen LogP contribution in [-0.4, -0.2) is 29.2 Å². The van der Waals surface area contributed by atoms with Crippen molar-refractivity contribution in [3.63, 3.8) is 0 Å². The lowest BCUT2D eigenvalue weighted by Gasteiger charge is -2.38. The molecule has 0 spiro atoms. The van der Waals surface area contributed by atoms with Gasteiger partial charge in [-0.3, -0.25) is 0 Å². The smallest absolute Gasteiger partial charge is 0.410 e. The third kappa shape index (κ3) is 6.14. The quantitative estimate of drug-likeness (QED) is 0.507. The number of hydrogen-bond donors (Lipinski definition) is 0. The van der Waals surface area contributed by atoms with Crippen LogP contribution in [0.3, 0.4) is 0 Å². The summed E-state index contributed by atoms with van der Waals surface area (Å²) in [5, 5.41) is 9.72. The molecule has 2 aromatic rings. The highest BCUT2D eigenvalue weighted by Gasteiger charge is 2.36. The van der Waals surface area contributed by atoms with Gasteiger partial charge < -0.3 is 14.4 Å². The van der Waals surface area contributed by atoms with Crippen molar-refractivity contribution in [3.05, 3.63) is 64.2 Å². The Balaban J connectivity index is 1.73. The number of carbonyl (C=O) groups excluding carboxylic acids is 1. The number of likely N-dealkylation sites (tertiary alicyclic amines) is 1. The minimum Gasteiger partial charge on any atom is -0.488 e. The first-order chi connectivity index (χ1) is 15.2. The first-order valence-corrected chi connectivity index (χ1v) is 11.1. The first-order valence-electron chi connectivity index (χ1n) is 10.7. The molecule has 0 radical (unpaired) electrons.